The molecule has 0 saturated heterocycles. The lowest BCUT2D eigenvalue weighted by molar-refractivity contribution is -0.159. The lowest BCUT2D eigenvalue weighted by Crippen LogP contribution is -2.53. The maximum Gasteiger partial charge on any atom is 0.306 e. The van der Waals surface area contributed by atoms with E-state index in [1.54, 1.807) is 11.1 Å². The predicted octanol–water partition coefficient (Wildman–Crippen LogP) is 11.1. The van der Waals surface area contributed by atoms with Crippen LogP contribution < -0.4 is 0 Å². The molecule has 4 fully saturated rings. The minimum absolute atomic E-state index is 0.0465. The van der Waals surface area contributed by atoms with Crippen LogP contribution in [-0.4, -0.2) is 25.2 Å². The third kappa shape index (κ3) is 5.91. The van der Waals surface area contributed by atoms with Gasteiger partial charge in [0.25, 0.3) is 0 Å². The van der Waals surface area contributed by atoms with E-state index >= 15 is 0 Å². The number of allylic oxidation sites excluding steroid dienone is 6. The Kier molecular flexibility index (Phi) is 9.60. The van der Waals surface area contributed by atoms with E-state index in [2.05, 4.69) is 79.0 Å². The number of rotatable bonds is 9. The summed E-state index contributed by atoms with van der Waals surface area (Å²) in [6.07, 6.45) is 26.0. The Morgan fingerprint density at radius 2 is 1.04 bits per heavy atom. The normalized spacial score (nSPS) is 45.1. The van der Waals surface area contributed by atoms with E-state index in [-0.39, 0.29) is 57.3 Å². The Morgan fingerprint density at radius 1 is 0.646 bits per heavy atom. The molecule has 0 spiro atoms. The molecule has 48 heavy (non-hydrogen) atoms. The van der Waals surface area contributed by atoms with Crippen LogP contribution in [0.3, 0.4) is 0 Å². The minimum Gasteiger partial charge on any atom is -0.465 e. The predicted molar refractivity (Wildman–Crippen MR) is 195 cm³/mol. The molecule has 0 radical (unpaired) electrons. The molecule has 0 aromatic carbocycles. The number of esters is 2. The fraction of sp³-hybridized carbons (Fsp3) is 0.773. The molecule has 10 atom stereocenters. The summed E-state index contributed by atoms with van der Waals surface area (Å²) in [6, 6.07) is 0. The van der Waals surface area contributed by atoms with E-state index in [0.29, 0.717) is 36.9 Å². The van der Waals surface area contributed by atoms with E-state index in [9.17, 15) is 9.59 Å². The first-order valence-electron chi connectivity index (χ1n) is 19.7. The van der Waals surface area contributed by atoms with Gasteiger partial charge in [-0.25, -0.2) is 0 Å². The van der Waals surface area contributed by atoms with Crippen molar-refractivity contribution in [1.29, 1.82) is 0 Å². The van der Waals surface area contributed by atoms with Crippen LogP contribution in [0.4, 0.5) is 0 Å². The fourth-order valence-electron chi connectivity index (χ4n) is 13.0. The van der Waals surface area contributed by atoms with Gasteiger partial charge in [-0.15, -0.1) is 13.2 Å². The van der Waals surface area contributed by atoms with Crippen LogP contribution in [0.2, 0.25) is 0 Å². The topological polar surface area (TPSA) is 52.6 Å². The summed E-state index contributed by atoms with van der Waals surface area (Å²) in [5.41, 5.74) is 3.88. The Morgan fingerprint density at radius 3 is 1.42 bits per heavy atom. The molecule has 266 valence electrons. The van der Waals surface area contributed by atoms with Gasteiger partial charge in [0.05, 0.1) is 26.1 Å². The van der Waals surface area contributed by atoms with Crippen LogP contribution >= 0.6 is 0 Å². The molecular formula is C44H66O4. The summed E-state index contributed by atoms with van der Waals surface area (Å²) in [5, 5.41) is 0. The molecule has 4 nitrogen and oxygen atoms in total. The van der Waals surface area contributed by atoms with E-state index in [0.717, 1.165) is 38.5 Å². The molecule has 4 unspecified atom stereocenters. The van der Waals surface area contributed by atoms with Crippen molar-refractivity contribution in [1.82, 2.24) is 0 Å². The summed E-state index contributed by atoms with van der Waals surface area (Å²) >= 11 is 0. The third-order valence-electron chi connectivity index (χ3n) is 15.9. The van der Waals surface area contributed by atoms with Gasteiger partial charge in [-0.1, -0.05) is 89.8 Å². The minimum atomic E-state index is -0.269. The number of carbonyl (C=O) groups is 2. The molecule has 0 bridgehead atoms. The average Bonchev–Trinajstić information content (AvgIpc) is 3.06. The SMILES string of the molecule is C=C[C@@]1(C)CCC=C2C1CCC1[C@](C)(COC(=O)CCC(=O)OC[C@]3(C)CCC[C@@]4(C)C5=CCC[C@](C)(C=C)C5CCC34)CCC[C@@]21C. The van der Waals surface area contributed by atoms with Crippen molar-refractivity contribution in [2.75, 3.05) is 13.2 Å². The highest BCUT2D eigenvalue weighted by atomic mass is 16.5. The first-order valence-corrected chi connectivity index (χ1v) is 19.7. The molecule has 0 aliphatic heterocycles. The van der Waals surface area contributed by atoms with Gasteiger partial charge < -0.3 is 9.47 Å². The van der Waals surface area contributed by atoms with E-state index in [4.69, 9.17) is 9.47 Å². The molecule has 6 aliphatic carbocycles. The number of hydrogen-bond donors (Lipinski definition) is 0. The summed E-state index contributed by atoms with van der Waals surface area (Å²) < 4.78 is 12.0. The largest absolute Gasteiger partial charge is 0.465 e. The molecular weight excluding hydrogens is 592 g/mol. The smallest absolute Gasteiger partial charge is 0.306 e. The second kappa shape index (κ2) is 12.9. The summed E-state index contributed by atoms with van der Waals surface area (Å²) in [7, 11) is 0. The Bertz CT molecular complexity index is 1260. The molecule has 0 N–H and O–H groups in total. The second-order valence-electron chi connectivity index (χ2n) is 18.9. The van der Waals surface area contributed by atoms with Gasteiger partial charge in [-0.05, 0) is 122 Å². The third-order valence-corrected chi connectivity index (χ3v) is 15.9. The van der Waals surface area contributed by atoms with Crippen molar-refractivity contribution < 1.29 is 19.1 Å². The van der Waals surface area contributed by atoms with Crippen LogP contribution in [0.1, 0.15) is 144 Å². The number of fused-ring (bicyclic) bond motifs is 6. The van der Waals surface area contributed by atoms with Gasteiger partial charge in [-0.2, -0.15) is 0 Å². The van der Waals surface area contributed by atoms with Crippen molar-refractivity contribution >= 4 is 11.9 Å². The van der Waals surface area contributed by atoms with Crippen molar-refractivity contribution in [2.24, 2.45) is 56.2 Å². The van der Waals surface area contributed by atoms with Crippen molar-refractivity contribution in [2.45, 2.75) is 144 Å². The highest BCUT2D eigenvalue weighted by Crippen LogP contribution is 2.66. The van der Waals surface area contributed by atoms with Gasteiger partial charge in [0.2, 0.25) is 0 Å². The Hall–Kier alpha value is -2.10. The Labute approximate surface area is 292 Å². The first-order chi connectivity index (χ1) is 22.7. The number of ether oxygens (including phenoxy) is 2. The van der Waals surface area contributed by atoms with Crippen molar-refractivity contribution in [3.63, 3.8) is 0 Å². The van der Waals surface area contributed by atoms with Crippen LogP contribution in [-0.2, 0) is 19.1 Å². The highest BCUT2D eigenvalue weighted by Gasteiger charge is 2.58. The zero-order chi connectivity index (χ0) is 34.6. The van der Waals surface area contributed by atoms with E-state index in [1.165, 1.54) is 51.4 Å². The summed E-state index contributed by atoms with van der Waals surface area (Å²) in [5.74, 6) is 1.62. The number of carbonyl (C=O) groups excluding carboxylic acids is 2. The van der Waals surface area contributed by atoms with Crippen LogP contribution in [0.5, 0.6) is 0 Å². The molecule has 6 aliphatic rings. The van der Waals surface area contributed by atoms with Crippen LogP contribution in [0.25, 0.3) is 0 Å². The summed E-state index contributed by atoms with van der Waals surface area (Å²) in [4.78, 5) is 26.1. The molecule has 4 heteroatoms. The quantitative estimate of drug-likeness (QED) is 0.183. The maximum atomic E-state index is 13.1. The molecule has 6 rings (SSSR count). The maximum absolute atomic E-state index is 13.1. The zero-order valence-corrected chi connectivity index (χ0v) is 31.4. The Balaban J connectivity index is 1.02. The van der Waals surface area contributed by atoms with Crippen LogP contribution in [0, 0.1) is 56.2 Å². The van der Waals surface area contributed by atoms with E-state index in [1.807, 2.05) is 0 Å². The van der Waals surface area contributed by atoms with Gasteiger partial charge in [0, 0.05) is 10.8 Å². The lowest BCUT2D eigenvalue weighted by atomic mass is 9.44. The van der Waals surface area contributed by atoms with E-state index < -0.39 is 0 Å². The van der Waals surface area contributed by atoms with Crippen molar-refractivity contribution in [3.8, 4) is 0 Å². The lowest BCUT2D eigenvalue weighted by Gasteiger charge is -2.60. The highest BCUT2D eigenvalue weighted by molar-refractivity contribution is 5.77. The molecule has 0 aromatic rings. The van der Waals surface area contributed by atoms with Gasteiger partial charge >= 0.3 is 11.9 Å². The average molecular weight is 659 g/mol. The fourth-order valence-corrected chi connectivity index (χ4v) is 13.0. The van der Waals surface area contributed by atoms with Gasteiger partial charge in [0.15, 0.2) is 0 Å². The van der Waals surface area contributed by atoms with Crippen molar-refractivity contribution in [3.05, 3.63) is 48.6 Å². The zero-order valence-electron chi connectivity index (χ0n) is 31.4. The molecule has 0 amide bonds. The monoisotopic (exact) mass is 658 g/mol. The standard InChI is InChI=1S/C44H66O4/c1-9-39(3)23-11-15-33-31(39)17-19-35-41(5,25-13-27-43(33,35)7)29-47-37(45)21-22-38(46)48-30-42(6)26-14-28-44(8)34-16-12-24-40(4,10-2)32(34)18-20-36(42)44/h9-10,15-16,31-32,35-36H,1-2,11-14,17-30H2,3-8H3/t31?,32?,35?,36?,39-,40-,41-,42-,43-,44-/m0/s1. The molecule has 0 heterocycles. The molecule has 0 aromatic heterocycles. The van der Waals surface area contributed by atoms with Gasteiger partial charge in [0.1, 0.15) is 0 Å². The van der Waals surface area contributed by atoms with Gasteiger partial charge in [-0.3, -0.25) is 9.59 Å². The number of hydrogen-bond acceptors (Lipinski definition) is 4. The summed E-state index contributed by atoms with van der Waals surface area (Å²) in [6.45, 7) is 23.8. The second-order valence-corrected chi connectivity index (χ2v) is 18.9. The molecule has 4 saturated carbocycles. The van der Waals surface area contributed by atoms with Crippen LogP contribution in [0.15, 0.2) is 48.6 Å². The first kappa shape index (κ1) is 35.7.